The minimum absolute atomic E-state index is 0.0301. The van der Waals surface area contributed by atoms with Crippen LogP contribution in [0.5, 0.6) is 11.5 Å². The first-order valence-corrected chi connectivity index (χ1v) is 14.4. The van der Waals surface area contributed by atoms with Crippen molar-refractivity contribution >= 4 is 38.8 Å². The highest BCUT2D eigenvalue weighted by molar-refractivity contribution is 7.85. The van der Waals surface area contributed by atoms with Gasteiger partial charge in [-0.25, -0.2) is 0 Å². The lowest BCUT2D eigenvalue weighted by atomic mass is 9.74. The van der Waals surface area contributed by atoms with E-state index < -0.39 is 10.1 Å². The fourth-order valence-electron chi connectivity index (χ4n) is 4.25. The lowest BCUT2D eigenvalue weighted by Crippen LogP contribution is -2.22. The maximum Gasteiger partial charge on any atom is 0.264 e. The molecule has 0 fully saturated rings. The van der Waals surface area contributed by atoms with Gasteiger partial charge in [0.15, 0.2) is 17.3 Å². The molecule has 1 aromatic carbocycles. The van der Waals surface area contributed by atoms with Crippen LogP contribution in [0.3, 0.4) is 0 Å². The zero-order valence-electron chi connectivity index (χ0n) is 20.5. The van der Waals surface area contributed by atoms with Crippen LogP contribution in [0.1, 0.15) is 64.3 Å². The Hall–Kier alpha value is -1.61. The smallest absolute Gasteiger partial charge is 0.264 e. The Morgan fingerprint density at radius 2 is 1.94 bits per heavy atom. The second kappa shape index (κ2) is 11.0. The molecule has 1 aliphatic carbocycles. The van der Waals surface area contributed by atoms with Crippen LogP contribution in [0, 0.1) is 12.3 Å². The Morgan fingerprint density at radius 1 is 1.21 bits per heavy atom. The van der Waals surface area contributed by atoms with Gasteiger partial charge in [-0.1, -0.05) is 25.4 Å². The van der Waals surface area contributed by atoms with Crippen molar-refractivity contribution < 1.29 is 26.9 Å². The fraction of sp³-hybridized carbons (Fsp3) is 0.560. The van der Waals surface area contributed by atoms with E-state index in [9.17, 15) is 13.2 Å². The van der Waals surface area contributed by atoms with E-state index in [-0.39, 0.29) is 24.4 Å². The first kappa shape index (κ1) is 27.0. The van der Waals surface area contributed by atoms with Crippen molar-refractivity contribution in [1.82, 2.24) is 0 Å². The number of benzene rings is 1. The number of rotatable bonds is 11. The number of carbonyl (C=O) groups is 1. The monoisotopic (exact) mass is 528 g/mol. The van der Waals surface area contributed by atoms with E-state index >= 15 is 0 Å². The Bertz CT molecular complexity index is 1150. The summed E-state index contributed by atoms with van der Waals surface area (Å²) in [5.41, 5.74) is 3.81. The zero-order valence-corrected chi connectivity index (χ0v) is 22.8. The number of aryl methyl sites for hydroxylation is 2. The summed E-state index contributed by atoms with van der Waals surface area (Å²) >= 11 is 8.07. The maximum absolute atomic E-state index is 13.1. The van der Waals surface area contributed by atoms with Crippen LogP contribution < -0.4 is 9.47 Å². The third kappa shape index (κ3) is 6.97. The van der Waals surface area contributed by atoms with Gasteiger partial charge in [0.05, 0.1) is 36.5 Å². The summed E-state index contributed by atoms with van der Waals surface area (Å²) in [4.78, 5) is 15.3. The molecule has 0 aliphatic heterocycles. The van der Waals surface area contributed by atoms with E-state index in [0.717, 1.165) is 36.0 Å². The third-order valence-corrected chi connectivity index (χ3v) is 8.15. The van der Waals surface area contributed by atoms with Crippen LogP contribution in [-0.4, -0.2) is 40.8 Å². The lowest BCUT2D eigenvalue weighted by molar-refractivity contribution is 0.0985. The molecular formula is C25H33ClO6S2. The average Bonchev–Trinajstić information content (AvgIpc) is 3.06. The lowest BCUT2D eigenvalue weighted by Gasteiger charge is -2.30. The van der Waals surface area contributed by atoms with Crippen molar-refractivity contribution in [2.75, 3.05) is 26.6 Å². The standard InChI is InChI=1S/C25H33ClO6S2/c1-16-19-15-25(2,3)10-9-18(19)24(33-16)21(27)8-7-17-13-20(26)23(22(14-17)30-4)31-11-6-12-32-34(5,28)29/h13-14H,6-12,15H2,1-5H3. The minimum Gasteiger partial charge on any atom is -0.493 e. The maximum atomic E-state index is 13.1. The van der Waals surface area contributed by atoms with Gasteiger partial charge in [0.25, 0.3) is 10.1 Å². The van der Waals surface area contributed by atoms with Crippen LogP contribution in [0.25, 0.3) is 0 Å². The number of methoxy groups -OCH3 is 1. The van der Waals surface area contributed by atoms with Crippen molar-refractivity contribution in [3.63, 3.8) is 0 Å². The molecule has 34 heavy (non-hydrogen) atoms. The van der Waals surface area contributed by atoms with E-state index in [1.165, 1.54) is 23.1 Å². The summed E-state index contributed by atoms with van der Waals surface area (Å²) in [6.07, 6.45) is 5.44. The minimum atomic E-state index is -3.47. The summed E-state index contributed by atoms with van der Waals surface area (Å²) < 4.78 is 37.9. The molecule has 0 saturated carbocycles. The first-order valence-electron chi connectivity index (χ1n) is 11.4. The summed E-state index contributed by atoms with van der Waals surface area (Å²) in [5.74, 6) is 1.05. The first-order chi connectivity index (χ1) is 15.9. The van der Waals surface area contributed by atoms with E-state index in [4.69, 9.17) is 25.3 Å². The number of carbonyl (C=O) groups excluding carboxylic acids is 1. The van der Waals surface area contributed by atoms with Crippen LogP contribution >= 0.6 is 22.9 Å². The van der Waals surface area contributed by atoms with Crippen LogP contribution in [0.4, 0.5) is 0 Å². The van der Waals surface area contributed by atoms with Gasteiger partial charge in [-0.05, 0) is 66.8 Å². The number of Topliss-reactive ketones (excluding diaryl/α,β-unsaturated/α-hetero) is 1. The van der Waals surface area contributed by atoms with E-state index in [1.54, 1.807) is 17.4 Å². The Balaban J connectivity index is 1.63. The van der Waals surface area contributed by atoms with E-state index in [1.807, 2.05) is 6.07 Å². The molecule has 1 aliphatic rings. The molecule has 3 rings (SSSR count). The van der Waals surface area contributed by atoms with Crippen molar-refractivity contribution in [3.8, 4) is 11.5 Å². The third-order valence-electron chi connectivity index (χ3n) is 6.04. The molecule has 1 aromatic heterocycles. The van der Waals surface area contributed by atoms with Crippen molar-refractivity contribution in [2.24, 2.45) is 5.41 Å². The summed E-state index contributed by atoms with van der Waals surface area (Å²) in [7, 11) is -1.94. The van der Waals surface area contributed by atoms with Crippen molar-refractivity contribution in [2.45, 2.75) is 59.3 Å². The quantitative estimate of drug-likeness (QED) is 0.208. The van der Waals surface area contributed by atoms with Crippen LogP contribution in [0.15, 0.2) is 12.1 Å². The molecule has 188 valence electrons. The Morgan fingerprint density at radius 3 is 2.62 bits per heavy atom. The molecule has 0 atom stereocenters. The van der Waals surface area contributed by atoms with Crippen molar-refractivity contribution in [1.29, 1.82) is 0 Å². The molecule has 0 unspecified atom stereocenters. The van der Waals surface area contributed by atoms with Crippen molar-refractivity contribution in [3.05, 3.63) is 43.6 Å². The van der Waals surface area contributed by atoms with Gasteiger partial charge in [-0.3, -0.25) is 8.98 Å². The summed E-state index contributed by atoms with van der Waals surface area (Å²) in [6, 6.07) is 3.62. The van der Waals surface area contributed by atoms with Gasteiger partial charge in [-0.15, -0.1) is 11.3 Å². The Kier molecular flexibility index (Phi) is 8.71. The second-order valence-corrected chi connectivity index (χ2v) is 12.8. The molecular weight excluding hydrogens is 496 g/mol. The predicted molar refractivity (Wildman–Crippen MR) is 136 cm³/mol. The normalized spacial score (nSPS) is 15.1. The molecule has 1 heterocycles. The predicted octanol–water partition coefficient (Wildman–Crippen LogP) is 5.79. The van der Waals surface area contributed by atoms with Crippen LogP contribution in [-0.2, 0) is 33.6 Å². The molecule has 0 bridgehead atoms. The molecule has 9 heteroatoms. The number of ether oxygens (including phenoxy) is 2. The number of hydrogen-bond acceptors (Lipinski definition) is 7. The highest BCUT2D eigenvalue weighted by Gasteiger charge is 2.31. The molecule has 0 saturated heterocycles. The SMILES string of the molecule is COc1cc(CCC(=O)c2sc(C)c3c2CCC(C)(C)C3)cc(Cl)c1OCCCOS(C)(=O)=O. The second-order valence-electron chi connectivity index (χ2n) is 9.55. The number of ketones is 1. The topological polar surface area (TPSA) is 78.9 Å². The highest BCUT2D eigenvalue weighted by Crippen LogP contribution is 2.42. The van der Waals surface area contributed by atoms with Gasteiger partial charge in [0.1, 0.15) is 0 Å². The van der Waals surface area contributed by atoms with Gasteiger partial charge in [0.2, 0.25) is 0 Å². The van der Waals surface area contributed by atoms with Gasteiger partial charge >= 0.3 is 0 Å². The fourth-order valence-corrected chi connectivity index (χ4v) is 6.15. The highest BCUT2D eigenvalue weighted by atomic mass is 35.5. The molecule has 2 aromatic rings. The average molecular weight is 529 g/mol. The summed E-state index contributed by atoms with van der Waals surface area (Å²) in [6.45, 7) is 6.97. The number of hydrogen-bond donors (Lipinski definition) is 0. The number of thiophene rings is 1. The largest absolute Gasteiger partial charge is 0.493 e. The zero-order chi connectivity index (χ0) is 25.1. The molecule has 0 spiro atoms. The number of fused-ring (bicyclic) bond motifs is 1. The van der Waals surface area contributed by atoms with Gasteiger partial charge < -0.3 is 9.47 Å². The van der Waals surface area contributed by atoms with E-state index in [2.05, 4.69) is 20.8 Å². The van der Waals surface area contributed by atoms with Crippen LogP contribution in [0.2, 0.25) is 5.02 Å². The van der Waals surface area contributed by atoms with Gasteiger partial charge in [0, 0.05) is 17.7 Å². The van der Waals surface area contributed by atoms with Gasteiger partial charge in [-0.2, -0.15) is 8.42 Å². The molecule has 0 amide bonds. The molecule has 0 N–H and O–H groups in total. The Labute approximate surface area is 211 Å². The summed E-state index contributed by atoms with van der Waals surface area (Å²) in [5, 5.41) is 0.386. The van der Waals surface area contributed by atoms with E-state index in [0.29, 0.717) is 35.8 Å². The molecule has 0 radical (unpaired) electrons. The number of halogens is 1. The molecule has 6 nitrogen and oxygen atoms in total.